The molecule has 0 aliphatic rings. The third-order valence-electron chi connectivity index (χ3n) is 1.18. The number of carbonyl (C=O) groups is 1. The number of aromatic carboxylic acids is 1. The topological polar surface area (TPSA) is 37.3 Å². The number of carboxylic acid groups (broad SMARTS) is 1. The Balaban J connectivity index is 3.27. The molecule has 58 valence electrons. The van der Waals surface area contributed by atoms with E-state index in [-0.39, 0.29) is 5.02 Å². The zero-order valence-corrected chi connectivity index (χ0v) is 6.10. The Bertz CT molecular complexity index is 298. The van der Waals surface area contributed by atoms with Gasteiger partial charge in [-0.2, -0.15) is 0 Å². The lowest BCUT2D eigenvalue weighted by molar-refractivity contribution is 0.0692. The second kappa shape index (κ2) is 2.88. The quantitative estimate of drug-likeness (QED) is 0.719. The first-order chi connectivity index (χ1) is 5.13. The molecule has 0 aliphatic carbocycles. The van der Waals surface area contributed by atoms with Crippen molar-refractivity contribution in [1.82, 2.24) is 0 Å². The zero-order valence-electron chi connectivity index (χ0n) is 5.34. The van der Waals surface area contributed by atoms with Crippen LogP contribution in [0.25, 0.3) is 0 Å². The van der Waals surface area contributed by atoms with Gasteiger partial charge in [0.25, 0.3) is 0 Å². The van der Waals surface area contributed by atoms with E-state index in [4.69, 9.17) is 16.7 Å². The monoisotopic (exact) mass is 180 g/mol. The summed E-state index contributed by atoms with van der Waals surface area (Å²) in [4.78, 5) is 10.3. The summed E-state index contributed by atoms with van der Waals surface area (Å²) in [5.74, 6) is -2.20. The molecule has 0 atom stereocenters. The molecule has 0 aromatic heterocycles. The van der Waals surface area contributed by atoms with Gasteiger partial charge in [0, 0.05) is 0 Å². The molecule has 0 saturated carbocycles. The van der Waals surface area contributed by atoms with E-state index in [0.29, 0.717) is 0 Å². The van der Waals surface area contributed by atoms with Crippen LogP contribution in [0.5, 0.6) is 0 Å². The maximum Gasteiger partial charge on any atom is 0.338 e. The van der Waals surface area contributed by atoms with Crippen molar-refractivity contribution >= 4 is 17.6 Å². The van der Waals surface area contributed by atoms with E-state index in [1.54, 1.807) is 0 Å². The zero-order chi connectivity index (χ0) is 8.43. The molecular formula is C7H4ClFO2. The molecule has 0 amide bonds. The van der Waals surface area contributed by atoms with Crippen molar-refractivity contribution in [2.45, 2.75) is 0 Å². The number of hydrogen-bond acceptors (Lipinski definition) is 1. The molecule has 0 fully saturated rings. The van der Waals surface area contributed by atoms with E-state index in [2.05, 4.69) is 0 Å². The molecule has 0 spiro atoms. The molecule has 11 heavy (non-hydrogen) atoms. The lowest BCUT2D eigenvalue weighted by atomic mass is 10.9. The van der Waals surface area contributed by atoms with Crippen molar-refractivity contribution in [3.05, 3.63) is 34.6 Å². The van der Waals surface area contributed by atoms with Gasteiger partial charge in [0.15, 0.2) is 5.82 Å². The fraction of sp³-hybridized carbons (Fsp3) is 0. The van der Waals surface area contributed by atoms with E-state index in [0.717, 1.165) is 6.07 Å². The standard InChI is InChI=1S/C7H4ClFO2/c8-5-3-1-2-4(6(5)9)7(10)11/h1-3H,(H,10,11)/i1+1,2+1,3+1,4+1,5+1,6+1. The summed E-state index contributed by atoms with van der Waals surface area (Å²) in [5.41, 5.74) is -0.405. The molecular weight excluding hydrogens is 176 g/mol. The molecule has 1 aromatic carbocycles. The number of carboxylic acids is 1. The van der Waals surface area contributed by atoms with Crippen LogP contribution in [0.1, 0.15) is 10.4 Å². The Morgan fingerprint density at radius 2 is 2.18 bits per heavy atom. The number of halogens is 2. The summed E-state index contributed by atoms with van der Waals surface area (Å²) in [7, 11) is 0. The van der Waals surface area contributed by atoms with Crippen LogP contribution >= 0.6 is 11.6 Å². The molecule has 1 N–H and O–H groups in total. The second-order valence-corrected chi connectivity index (χ2v) is 2.31. The van der Waals surface area contributed by atoms with Gasteiger partial charge < -0.3 is 5.11 Å². The van der Waals surface area contributed by atoms with Crippen LogP contribution in [-0.4, -0.2) is 11.1 Å². The van der Waals surface area contributed by atoms with Crippen LogP contribution in [0.3, 0.4) is 0 Å². The Kier molecular flexibility index (Phi) is 2.10. The van der Waals surface area contributed by atoms with Crippen molar-refractivity contribution in [3.8, 4) is 0 Å². The van der Waals surface area contributed by atoms with E-state index < -0.39 is 17.3 Å². The van der Waals surface area contributed by atoms with Crippen molar-refractivity contribution in [1.29, 1.82) is 0 Å². The highest BCUT2D eigenvalue weighted by Gasteiger charge is 2.11. The third-order valence-corrected chi connectivity index (χ3v) is 1.47. The van der Waals surface area contributed by atoms with Gasteiger partial charge in [0.2, 0.25) is 0 Å². The van der Waals surface area contributed by atoms with Crippen LogP contribution in [0.15, 0.2) is 18.2 Å². The first-order valence-corrected chi connectivity index (χ1v) is 3.18. The van der Waals surface area contributed by atoms with E-state index in [9.17, 15) is 9.18 Å². The minimum atomic E-state index is -1.31. The minimum absolute atomic E-state index is 0.176. The average molecular weight is 181 g/mol. The lowest BCUT2D eigenvalue weighted by Gasteiger charge is -1.96. The molecule has 1 rings (SSSR count). The SMILES string of the molecule is O=C(O)[13c]1[13cH][13cH][13cH][13c](Cl)[13c]1F. The van der Waals surface area contributed by atoms with Gasteiger partial charge in [0.05, 0.1) is 10.6 Å². The first-order valence-electron chi connectivity index (χ1n) is 2.80. The summed E-state index contributed by atoms with van der Waals surface area (Å²) < 4.78 is 12.7. The van der Waals surface area contributed by atoms with Crippen LogP contribution in [0.2, 0.25) is 5.02 Å². The molecule has 0 bridgehead atoms. The molecule has 0 aliphatic heterocycles. The highest BCUT2D eigenvalue weighted by atomic mass is 35.5. The lowest BCUT2D eigenvalue weighted by Crippen LogP contribution is -1.99. The Labute approximate surface area is 67.2 Å². The number of rotatable bonds is 1. The summed E-state index contributed by atoms with van der Waals surface area (Å²) in [5, 5.41) is 8.22. The molecule has 0 saturated heterocycles. The van der Waals surface area contributed by atoms with Gasteiger partial charge in [-0.05, 0) is 12.1 Å². The molecule has 0 heterocycles. The van der Waals surface area contributed by atoms with E-state index in [1.165, 1.54) is 12.1 Å². The van der Waals surface area contributed by atoms with E-state index in [1.807, 2.05) is 0 Å². The largest absolute Gasteiger partial charge is 0.478 e. The normalized spacial score (nSPS) is 9.64. The van der Waals surface area contributed by atoms with Gasteiger partial charge in [-0.15, -0.1) is 0 Å². The summed E-state index contributed by atoms with van der Waals surface area (Å²) >= 11 is 5.32. The fourth-order valence-corrected chi connectivity index (χ4v) is 0.844. The van der Waals surface area contributed by atoms with Crippen LogP contribution in [0, 0.1) is 5.82 Å². The van der Waals surface area contributed by atoms with Gasteiger partial charge in [-0.1, -0.05) is 17.7 Å². The highest BCUT2D eigenvalue weighted by Crippen LogP contribution is 2.17. The van der Waals surface area contributed by atoms with Crippen molar-refractivity contribution in [2.24, 2.45) is 0 Å². The predicted octanol–water partition coefficient (Wildman–Crippen LogP) is 2.18. The average Bonchev–Trinajstić information content (AvgIpc) is 1.94. The summed E-state index contributed by atoms with van der Waals surface area (Å²) in [6, 6.07) is 3.84. The van der Waals surface area contributed by atoms with Crippen molar-refractivity contribution in [3.63, 3.8) is 0 Å². The maximum atomic E-state index is 12.7. The Morgan fingerprint density at radius 3 is 2.64 bits per heavy atom. The Hall–Kier alpha value is -1.09. The van der Waals surface area contributed by atoms with Crippen molar-refractivity contribution < 1.29 is 14.3 Å². The highest BCUT2D eigenvalue weighted by molar-refractivity contribution is 6.31. The van der Waals surface area contributed by atoms with Gasteiger partial charge in [-0.3, -0.25) is 0 Å². The molecule has 2 nitrogen and oxygen atoms in total. The van der Waals surface area contributed by atoms with Crippen molar-refractivity contribution in [2.75, 3.05) is 0 Å². The maximum absolute atomic E-state index is 12.7. The van der Waals surface area contributed by atoms with Crippen LogP contribution in [0.4, 0.5) is 4.39 Å². The fourth-order valence-electron chi connectivity index (χ4n) is 0.669. The second-order valence-electron chi connectivity index (χ2n) is 1.91. The predicted molar refractivity (Wildman–Crippen MR) is 38.4 cm³/mol. The van der Waals surface area contributed by atoms with E-state index >= 15 is 0 Å². The third kappa shape index (κ3) is 1.49. The summed E-state index contributed by atoms with van der Waals surface area (Å²) in [6.45, 7) is 0. The summed E-state index contributed by atoms with van der Waals surface area (Å²) in [6.07, 6.45) is 0. The van der Waals surface area contributed by atoms with Crippen LogP contribution in [-0.2, 0) is 0 Å². The van der Waals surface area contributed by atoms with Gasteiger partial charge in [-0.25, -0.2) is 9.18 Å². The smallest absolute Gasteiger partial charge is 0.338 e. The molecule has 0 radical (unpaired) electrons. The molecule has 1 aromatic rings. The van der Waals surface area contributed by atoms with Gasteiger partial charge >= 0.3 is 5.97 Å². The Morgan fingerprint density at radius 1 is 1.55 bits per heavy atom. The first kappa shape index (κ1) is 8.01. The number of hydrogen-bond donors (Lipinski definition) is 1. The van der Waals surface area contributed by atoms with Crippen LogP contribution < -0.4 is 0 Å². The van der Waals surface area contributed by atoms with Gasteiger partial charge in [0.1, 0.15) is 0 Å². The number of benzene rings is 1. The minimum Gasteiger partial charge on any atom is -0.478 e. The molecule has 4 heteroatoms. The molecule has 0 unspecified atom stereocenters.